The predicted molar refractivity (Wildman–Crippen MR) is 80.6 cm³/mol. The van der Waals surface area contributed by atoms with Crippen LogP contribution < -0.4 is 0 Å². The summed E-state index contributed by atoms with van der Waals surface area (Å²) in [7, 11) is 0. The predicted octanol–water partition coefficient (Wildman–Crippen LogP) is 4.54. The maximum Gasteiger partial charge on any atom is 0.206 e. The van der Waals surface area contributed by atoms with Crippen LogP contribution in [0.15, 0.2) is 42.6 Å². The summed E-state index contributed by atoms with van der Waals surface area (Å²) in [6.45, 7) is 1.93. The molecule has 100 valence electrons. The van der Waals surface area contributed by atoms with Crippen LogP contribution in [0.25, 0.3) is 0 Å². The Morgan fingerprint density at radius 1 is 1.21 bits per heavy atom. The summed E-state index contributed by atoms with van der Waals surface area (Å²) in [5, 5.41) is 0. The molecule has 2 aromatic rings. The summed E-state index contributed by atoms with van der Waals surface area (Å²) in [5.74, 6) is -0.832. The van der Waals surface area contributed by atoms with Crippen molar-refractivity contribution in [3.8, 4) is 0 Å². The van der Waals surface area contributed by atoms with Crippen molar-refractivity contribution < 1.29 is 9.18 Å². The number of ketones is 1. The fourth-order valence-corrected chi connectivity index (χ4v) is 2.42. The largest absolute Gasteiger partial charge is 0.335 e. The van der Waals surface area contributed by atoms with E-state index in [4.69, 9.17) is 0 Å². The van der Waals surface area contributed by atoms with Gasteiger partial charge in [-0.05, 0) is 18.6 Å². The zero-order valence-corrected chi connectivity index (χ0v) is 13.4. The molecule has 0 radical (unpaired) electrons. The van der Waals surface area contributed by atoms with Gasteiger partial charge in [-0.2, -0.15) is 0 Å². The Bertz CT molecular complexity index is 580. The van der Waals surface area contributed by atoms with Crippen LogP contribution in [0.2, 0.25) is 0 Å². The van der Waals surface area contributed by atoms with Gasteiger partial charge in [-0.25, -0.2) is 4.39 Å². The molecule has 0 aliphatic carbocycles. The van der Waals surface area contributed by atoms with Gasteiger partial charge in [-0.15, -0.1) is 0 Å². The minimum absolute atomic E-state index is 0.0788. The van der Waals surface area contributed by atoms with Crippen LogP contribution in [-0.2, 0) is 0 Å². The van der Waals surface area contributed by atoms with Crippen LogP contribution in [-0.4, -0.2) is 14.1 Å². The molecule has 19 heavy (non-hydrogen) atoms. The fraction of sp³-hybridized carbons (Fsp3) is 0.214. The van der Waals surface area contributed by atoms with E-state index in [-0.39, 0.29) is 17.5 Å². The van der Waals surface area contributed by atoms with Crippen molar-refractivity contribution in [2.24, 2.45) is 0 Å². The minimum Gasteiger partial charge on any atom is -0.335 e. The van der Waals surface area contributed by atoms with Crippen LogP contribution in [0.4, 0.5) is 4.39 Å². The number of hydrogen-bond donors (Lipinski definition) is 0. The lowest BCUT2D eigenvalue weighted by atomic mass is 10.1. The van der Waals surface area contributed by atoms with Gasteiger partial charge in [0.1, 0.15) is 9.43 Å². The van der Waals surface area contributed by atoms with Crippen molar-refractivity contribution in [2.75, 3.05) is 0 Å². The van der Waals surface area contributed by atoms with Crippen LogP contribution in [0.1, 0.15) is 29.0 Å². The van der Waals surface area contributed by atoms with Gasteiger partial charge in [0.2, 0.25) is 5.78 Å². The molecular weight excluding hydrogens is 377 g/mol. The Labute approximate surface area is 127 Å². The van der Waals surface area contributed by atoms with E-state index < -0.39 is 9.55 Å². The van der Waals surface area contributed by atoms with Gasteiger partial charge in [-0.1, -0.05) is 62.2 Å². The number of Topliss-reactive ketones (excluding diaryl/α,β-unsaturated/α-hetero) is 1. The van der Waals surface area contributed by atoms with Gasteiger partial charge in [0.25, 0.3) is 0 Å². The SMILES string of the molecule is C[C@H](c1ccccc1)n1ccc(F)c1C(=O)C(Br)Br. The highest BCUT2D eigenvalue weighted by atomic mass is 79.9. The third-order valence-corrected chi connectivity index (χ3v) is 3.83. The molecule has 0 N–H and O–H groups in total. The molecule has 0 spiro atoms. The monoisotopic (exact) mass is 387 g/mol. The van der Waals surface area contributed by atoms with E-state index in [0.29, 0.717) is 0 Å². The molecule has 0 unspecified atom stereocenters. The van der Waals surface area contributed by atoms with Crippen molar-refractivity contribution in [1.82, 2.24) is 4.57 Å². The van der Waals surface area contributed by atoms with E-state index in [1.165, 1.54) is 6.07 Å². The second-order valence-electron chi connectivity index (χ2n) is 4.17. The van der Waals surface area contributed by atoms with Gasteiger partial charge in [0.05, 0.1) is 6.04 Å². The summed E-state index contributed by atoms with van der Waals surface area (Å²) in [6, 6.07) is 10.9. The molecule has 0 amide bonds. The Kier molecular flexibility index (Phi) is 4.58. The zero-order valence-electron chi connectivity index (χ0n) is 10.2. The highest BCUT2D eigenvalue weighted by Gasteiger charge is 2.24. The number of nitrogens with zero attached hydrogens (tertiary/aromatic N) is 1. The minimum atomic E-state index is -0.592. The van der Waals surface area contributed by atoms with Crippen molar-refractivity contribution >= 4 is 37.6 Å². The molecule has 1 aromatic heterocycles. The molecule has 0 saturated carbocycles. The van der Waals surface area contributed by atoms with Crippen molar-refractivity contribution in [3.63, 3.8) is 0 Å². The molecular formula is C14H12Br2FNO. The summed E-state index contributed by atoms with van der Waals surface area (Å²) < 4.78 is 14.9. The number of hydrogen-bond acceptors (Lipinski definition) is 1. The van der Waals surface area contributed by atoms with Gasteiger partial charge in [0.15, 0.2) is 5.82 Å². The van der Waals surface area contributed by atoms with Gasteiger partial charge >= 0.3 is 0 Å². The van der Waals surface area contributed by atoms with E-state index in [0.717, 1.165) is 5.56 Å². The second kappa shape index (κ2) is 6.01. The molecule has 1 heterocycles. The maximum absolute atomic E-state index is 13.8. The molecule has 2 nitrogen and oxygen atoms in total. The van der Waals surface area contributed by atoms with Crippen molar-refractivity contribution in [1.29, 1.82) is 0 Å². The summed E-state index contributed by atoms with van der Waals surface area (Å²) >= 11 is 6.24. The standard InChI is InChI=1S/C14H12Br2FNO/c1-9(10-5-3-2-4-6-10)18-8-7-11(17)12(18)13(19)14(15)16/h2-9,14H,1H3/t9-/m1/s1. The first-order valence-electron chi connectivity index (χ1n) is 5.76. The molecule has 0 aliphatic heterocycles. The number of rotatable bonds is 4. The molecule has 1 atom stereocenters. The molecule has 0 fully saturated rings. The number of benzene rings is 1. The van der Waals surface area contributed by atoms with E-state index in [9.17, 15) is 9.18 Å². The zero-order chi connectivity index (χ0) is 14.0. The summed E-state index contributed by atoms with van der Waals surface area (Å²) in [5.41, 5.74) is 1.10. The molecule has 0 aliphatic rings. The molecule has 0 bridgehead atoms. The maximum atomic E-state index is 13.8. The number of halogens is 3. The number of alkyl halides is 2. The number of aromatic nitrogens is 1. The van der Waals surface area contributed by atoms with Gasteiger partial charge < -0.3 is 4.57 Å². The Balaban J connectivity index is 2.44. The highest BCUT2D eigenvalue weighted by Crippen LogP contribution is 2.25. The lowest BCUT2D eigenvalue weighted by Gasteiger charge is -2.17. The van der Waals surface area contributed by atoms with E-state index in [2.05, 4.69) is 31.9 Å². The van der Waals surface area contributed by atoms with Gasteiger partial charge in [-0.3, -0.25) is 4.79 Å². The lowest BCUT2D eigenvalue weighted by molar-refractivity contribution is 0.0999. The summed E-state index contributed by atoms with van der Waals surface area (Å²) in [6.07, 6.45) is 1.60. The van der Waals surface area contributed by atoms with Crippen LogP contribution in [0, 0.1) is 5.82 Å². The smallest absolute Gasteiger partial charge is 0.206 e. The highest BCUT2D eigenvalue weighted by molar-refractivity contribution is 9.25. The Morgan fingerprint density at radius 2 is 1.84 bits per heavy atom. The quantitative estimate of drug-likeness (QED) is 0.556. The molecule has 5 heteroatoms. The van der Waals surface area contributed by atoms with Crippen molar-refractivity contribution in [3.05, 3.63) is 59.7 Å². The fourth-order valence-electron chi connectivity index (χ4n) is 1.99. The van der Waals surface area contributed by atoms with E-state index in [1.807, 2.05) is 37.3 Å². The average Bonchev–Trinajstić information content (AvgIpc) is 2.79. The Hall–Kier alpha value is -0.940. The van der Waals surface area contributed by atoms with E-state index >= 15 is 0 Å². The third-order valence-electron chi connectivity index (χ3n) is 3.00. The van der Waals surface area contributed by atoms with E-state index in [1.54, 1.807) is 10.8 Å². The topological polar surface area (TPSA) is 22.0 Å². The molecule has 1 aromatic carbocycles. The first-order chi connectivity index (χ1) is 9.02. The van der Waals surface area contributed by atoms with Crippen LogP contribution in [0.5, 0.6) is 0 Å². The number of carbonyl (C=O) groups is 1. The number of carbonyl (C=O) groups excluding carboxylic acids is 1. The first-order valence-corrected chi connectivity index (χ1v) is 7.59. The van der Waals surface area contributed by atoms with Crippen LogP contribution >= 0.6 is 31.9 Å². The normalized spacial score (nSPS) is 12.7. The average molecular weight is 389 g/mol. The second-order valence-corrected chi connectivity index (χ2v) is 7.23. The van der Waals surface area contributed by atoms with Gasteiger partial charge in [0, 0.05) is 6.20 Å². The first kappa shape index (κ1) is 14.5. The molecule has 2 rings (SSSR count). The Morgan fingerprint density at radius 3 is 2.42 bits per heavy atom. The lowest BCUT2D eigenvalue weighted by Crippen LogP contribution is -2.18. The van der Waals surface area contributed by atoms with Crippen LogP contribution in [0.3, 0.4) is 0 Å². The molecule has 0 saturated heterocycles. The van der Waals surface area contributed by atoms with Crippen molar-refractivity contribution in [2.45, 2.75) is 16.7 Å². The summed E-state index contributed by atoms with van der Waals surface area (Å²) in [4.78, 5) is 12.0. The third kappa shape index (κ3) is 2.98.